The summed E-state index contributed by atoms with van der Waals surface area (Å²) >= 11 is 0. The normalized spacial score (nSPS) is 46.9. The molecule has 2 aliphatic carbocycles. The number of ether oxygens (including phenoxy) is 1. The van der Waals surface area contributed by atoms with E-state index in [1.54, 1.807) is 0 Å². The average Bonchev–Trinajstić information content (AvgIpc) is 2.50. The summed E-state index contributed by atoms with van der Waals surface area (Å²) in [5, 5.41) is 19.9. The maximum absolute atomic E-state index is 10.1. The Labute approximate surface area is 104 Å². The van der Waals surface area contributed by atoms with Crippen LogP contribution in [0.4, 0.5) is 0 Å². The predicted molar refractivity (Wildman–Crippen MR) is 66.7 cm³/mol. The molecule has 2 N–H and O–H groups in total. The van der Waals surface area contributed by atoms with Crippen molar-refractivity contribution in [3.63, 3.8) is 0 Å². The SMILES string of the molecule is CC(C)(C)O[C@H]1CC[C@H]2[C@@H](O)[C@@H](O)CC[C@]12C. The van der Waals surface area contributed by atoms with Crippen molar-refractivity contribution in [3.8, 4) is 0 Å². The lowest BCUT2D eigenvalue weighted by molar-refractivity contribution is -0.152. The Kier molecular flexibility index (Phi) is 3.30. The lowest BCUT2D eigenvalue weighted by Gasteiger charge is -2.46. The summed E-state index contributed by atoms with van der Waals surface area (Å²) in [6, 6.07) is 0. The van der Waals surface area contributed by atoms with Crippen LogP contribution in [0.5, 0.6) is 0 Å². The zero-order valence-electron chi connectivity index (χ0n) is 11.4. The maximum atomic E-state index is 10.1. The van der Waals surface area contributed by atoms with Crippen LogP contribution >= 0.6 is 0 Å². The highest BCUT2D eigenvalue weighted by atomic mass is 16.5. The van der Waals surface area contributed by atoms with Crippen molar-refractivity contribution in [1.29, 1.82) is 0 Å². The van der Waals surface area contributed by atoms with E-state index in [0.29, 0.717) is 6.42 Å². The Bertz CT molecular complexity index is 284. The quantitative estimate of drug-likeness (QED) is 0.740. The first-order valence-electron chi connectivity index (χ1n) is 6.78. The molecule has 0 heterocycles. The third kappa shape index (κ3) is 2.38. The fourth-order valence-corrected chi connectivity index (χ4v) is 3.65. The minimum atomic E-state index is -0.567. The summed E-state index contributed by atoms with van der Waals surface area (Å²) in [4.78, 5) is 0. The Morgan fingerprint density at radius 2 is 1.76 bits per heavy atom. The number of fused-ring (bicyclic) bond motifs is 1. The molecule has 5 atom stereocenters. The highest BCUT2D eigenvalue weighted by molar-refractivity contribution is 5.04. The van der Waals surface area contributed by atoms with Crippen LogP contribution in [0, 0.1) is 11.3 Å². The number of aliphatic hydroxyl groups is 2. The van der Waals surface area contributed by atoms with Crippen molar-refractivity contribution >= 4 is 0 Å². The van der Waals surface area contributed by atoms with E-state index in [2.05, 4.69) is 27.7 Å². The van der Waals surface area contributed by atoms with Gasteiger partial charge in [0.25, 0.3) is 0 Å². The second kappa shape index (κ2) is 4.22. The van der Waals surface area contributed by atoms with Crippen molar-refractivity contribution in [2.75, 3.05) is 0 Å². The van der Waals surface area contributed by atoms with Gasteiger partial charge in [0.05, 0.1) is 23.9 Å². The fourth-order valence-electron chi connectivity index (χ4n) is 3.65. The van der Waals surface area contributed by atoms with E-state index in [1.807, 2.05) is 0 Å². The minimum Gasteiger partial charge on any atom is -0.390 e. The minimum absolute atomic E-state index is 0.0337. The molecule has 2 fully saturated rings. The van der Waals surface area contributed by atoms with Gasteiger partial charge in [0.15, 0.2) is 0 Å². The lowest BCUT2D eigenvalue weighted by Crippen LogP contribution is -2.50. The molecule has 0 bridgehead atoms. The Hall–Kier alpha value is -0.120. The van der Waals surface area contributed by atoms with Gasteiger partial charge in [-0.1, -0.05) is 6.92 Å². The molecule has 100 valence electrons. The molecule has 2 aliphatic rings. The molecule has 3 nitrogen and oxygen atoms in total. The summed E-state index contributed by atoms with van der Waals surface area (Å²) in [5.41, 5.74) is -0.102. The molecular formula is C14H26O3. The monoisotopic (exact) mass is 242 g/mol. The van der Waals surface area contributed by atoms with Gasteiger partial charge in [0.1, 0.15) is 0 Å². The van der Waals surface area contributed by atoms with E-state index in [0.717, 1.165) is 19.3 Å². The number of hydrogen-bond donors (Lipinski definition) is 2. The standard InChI is InChI=1S/C14H26O3/c1-13(2,3)17-11-6-5-9-12(16)10(15)7-8-14(9,11)4/h9-12,15-16H,5-8H2,1-4H3/t9-,10-,11-,12+,14-/m0/s1. The second-order valence-corrected chi connectivity index (χ2v) is 7.01. The molecular weight excluding hydrogens is 216 g/mol. The van der Waals surface area contributed by atoms with Gasteiger partial charge in [-0.2, -0.15) is 0 Å². The molecule has 2 saturated carbocycles. The zero-order valence-corrected chi connectivity index (χ0v) is 11.4. The lowest BCUT2D eigenvalue weighted by atomic mass is 9.66. The van der Waals surface area contributed by atoms with Crippen LogP contribution in [0.3, 0.4) is 0 Å². The number of hydrogen-bond acceptors (Lipinski definition) is 3. The molecule has 0 aromatic heterocycles. The molecule has 0 aromatic rings. The van der Waals surface area contributed by atoms with Gasteiger partial charge < -0.3 is 14.9 Å². The van der Waals surface area contributed by atoms with Crippen LogP contribution in [0.2, 0.25) is 0 Å². The van der Waals surface area contributed by atoms with E-state index in [1.165, 1.54) is 0 Å². The van der Waals surface area contributed by atoms with Crippen molar-refractivity contribution < 1.29 is 14.9 Å². The number of rotatable bonds is 1. The highest BCUT2D eigenvalue weighted by Gasteiger charge is 2.54. The molecule has 0 aromatic carbocycles. The van der Waals surface area contributed by atoms with Crippen LogP contribution in [0.1, 0.15) is 53.4 Å². The average molecular weight is 242 g/mol. The van der Waals surface area contributed by atoms with Crippen LogP contribution in [-0.4, -0.2) is 34.1 Å². The second-order valence-electron chi connectivity index (χ2n) is 7.01. The topological polar surface area (TPSA) is 49.7 Å². The zero-order chi connectivity index (χ0) is 12.8. The fraction of sp³-hybridized carbons (Fsp3) is 1.00. The molecule has 0 unspecified atom stereocenters. The maximum Gasteiger partial charge on any atom is 0.0833 e. The Morgan fingerprint density at radius 1 is 1.12 bits per heavy atom. The van der Waals surface area contributed by atoms with Crippen LogP contribution in [0.15, 0.2) is 0 Å². The summed E-state index contributed by atoms with van der Waals surface area (Å²) < 4.78 is 6.16. The Balaban J connectivity index is 2.14. The summed E-state index contributed by atoms with van der Waals surface area (Å²) in [6.07, 6.45) is 2.73. The molecule has 2 rings (SSSR count). The smallest absolute Gasteiger partial charge is 0.0833 e. The third-order valence-electron chi connectivity index (χ3n) is 4.60. The van der Waals surface area contributed by atoms with E-state index in [-0.39, 0.29) is 23.0 Å². The molecule has 0 aliphatic heterocycles. The molecule has 0 amide bonds. The van der Waals surface area contributed by atoms with Gasteiger partial charge in [-0.15, -0.1) is 0 Å². The van der Waals surface area contributed by atoms with E-state index >= 15 is 0 Å². The first-order chi connectivity index (χ1) is 7.74. The van der Waals surface area contributed by atoms with E-state index in [4.69, 9.17) is 4.74 Å². The Morgan fingerprint density at radius 3 is 2.35 bits per heavy atom. The molecule has 0 saturated heterocycles. The van der Waals surface area contributed by atoms with Crippen LogP contribution in [-0.2, 0) is 4.74 Å². The first-order valence-corrected chi connectivity index (χ1v) is 6.78. The van der Waals surface area contributed by atoms with Crippen LogP contribution < -0.4 is 0 Å². The van der Waals surface area contributed by atoms with Gasteiger partial charge in [0, 0.05) is 0 Å². The third-order valence-corrected chi connectivity index (χ3v) is 4.60. The van der Waals surface area contributed by atoms with Crippen molar-refractivity contribution in [1.82, 2.24) is 0 Å². The van der Waals surface area contributed by atoms with E-state index in [9.17, 15) is 10.2 Å². The van der Waals surface area contributed by atoms with Gasteiger partial charge >= 0.3 is 0 Å². The summed E-state index contributed by atoms with van der Waals surface area (Å²) in [7, 11) is 0. The number of aliphatic hydroxyl groups excluding tert-OH is 2. The van der Waals surface area contributed by atoms with Gasteiger partial charge in [0.2, 0.25) is 0 Å². The van der Waals surface area contributed by atoms with Crippen molar-refractivity contribution in [2.45, 2.75) is 77.3 Å². The first kappa shape index (κ1) is 13.3. The summed E-state index contributed by atoms with van der Waals surface area (Å²) in [6.45, 7) is 8.46. The van der Waals surface area contributed by atoms with Crippen molar-refractivity contribution in [3.05, 3.63) is 0 Å². The van der Waals surface area contributed by atoms with Crippen LogP contribution in [0.25, 0.3) is 0 Å². The van der Waals surface area contributed by atoms with Gasteiger partial charge in [-0.3, -0.25) is 0 Å². The van der Waals surface area contributed by atoms with Gasteiger partial charge in [-0.05, 0) is 57.8 Å². The van der Waals surface area contributed by atoms with E-state index < -0.39 is 12.2 Å². The molecule has 0 spiro atoms. The summed E-state index contributed by atoms with van der Waals surface area (Å²) in [5.74, 6) is 0.193. The molecule has 3 heteroatoms. The predicted octanol–water partition coefficient (Wildman–Crippen LogP) is 2.10. The molecule has 0 radical (unpaired) electrons. The van der Waals surface area contributed by atoms with Crippen molar-refractivity contribution in [2.24, 2.45) is 11.3 Å². The highest BCUT2D eigenvalue weighted by Crippen LogP contribution is 2.53. The largest absolute Gasteiger partial charge is 0.390 e. The van der Waals surface area contributed by atoms with Gasteiger partial charge in [-0.25, -0.2) is 0 Å². The molecule has 17 heavy (non-hydrogen) atoms.